The number of carbonyl (C=O) groups is 1. The van der Waals surface area contributed by atoms with Crippen molar-refractivity contribution in [3.05, 3.63) is 101 Å². The molecular weight excluding hydrogens is 369 g/mol. The van der Waals surface area contributed by atoms with Gasteiger partial charge in [-0.25, -0.2) is 4.39 Å². The monoisotopic (exact) mass is 387 g/mol. The normalized spacial score (nSPS) is 16.9. The van der Waals surface area contributed by atoms with Gasteiger partial charge in [0, 0.05) is 13.1 Å². The lowest BCUT2D eigenvalue weighted by molar-refractivity contribution is 0.0873. The maximum absolute atomic E-state index is 13.5. The number of fused-ring (bicyclic) bond motifs is 3. The first-order valence-electron chi connectivity index (χ1n) is 9.42. The predicted molar refractivity (Wildman–Crippen MR) is 107 cm³/mol. The average Bonchev–Trinajstić information content (AvgIpc) is 3.05. The van der Waals surface area contributed by atoms with Gasteiger partial charge in [-0.3, -0.25) is 9.69 Å². The molecule has 2 heterocycles. The van der Waals surface area contributed by atoms with Gasteiger partial charge in [-0.15, -0.1) is 0 Å². The fraction of sp³-hybridized carbons (Fsp3) is 0.125. The second-order valence-corrected chi connectivity index (χ2v) is 7.16. The third-order valence-electron chi connectivity index (χ3n) is 5.08. The molecule has 4 nitrogen and oxygen atoms in total. The average molecular weight is 387 g/mol. The van der Waals surface area contributed by atoms with Gasteiger partial charge in [0.1, 0.15) is 24.0 Å². The Morgan fingerprint density at radius 3 is 2.72 bits per heavy atom. The van der Waals surface area contributed by atoms with Gasteiger partial charge in [-0.2, -0.15) is 0 Å². The Balaban J connectivity index is 1.44. The topological polar surface area (TPSA) is 38.8 Å². The number of nitrogens with zero attached hydrogens (tertiary/aromatic N) is 1. The first kappa shape index (κ1) is 17.6. The predicted octanol–water partition coefficient (Wildman–Crippen LogP) is 4.79. The molecule has 2 aliphatic heterocycles. The number of ketones is 1. The highest BCUT2D eigenvalue weighted by Crippen LogP contribution is 2.42. The highest BCUT2D eigenvalue weighted by Gasteiger charge is 2.33. The van der Waals surface area contributed by atoms with Gasteiger partial charge in [-0.05, 0) is 41.5 Å². The van der Waals surface area contributed by atoms with Crippen LogP contribution in [0, 0.1) is 5.82 Å². The maximum atomic E-state index is 13.5. The molecule has 0 atom stereocenters. The number of allylic oxidation sites excluding steroid dienone is 1. The van der Waals surface area contributed by atoms with Crippen molar-refractivity contribution in [2.45, 2.75) is 13.1 Å². The molecule has 0 spiro atoms. The molecular formula is C24H18FNO3. The highest BCUT2D eigenvalue weighted by molar-refractivity contribution is 6.15. The van der Waals surface area contributed by atoms with Crippen LogP contribution in [0.3, 0.4) is 0 Å². The zero-order valence-corrected chi connectivity index (χ0v) is 15.6. The van der Waals surface area contributed by atoms with E-state index in [9.17, 15) is 9.18 Å². The van der Waals surface area contributed by atoms with Crippen molar-refractivity contribution in [1.82, 2.24) is 4.90 Å². The van der Waals surface area contributed by atoms with Crippen molar-refractivity contribution in [2.24, 2.45) is 0 Å². The molecule has 3 aromatic rings. The summed E-state index contributed by atoms with van der Waals surface area (Å²) in [4.78, 5) is 15.0. The molecule has 0 amide bonds. The molecule has 0 N–H and O–H groups in total. The minimum Gasteiger partial charge on any atom is -0.478 e. The van der Waals surface area contributed by atoms with Gasteiger partial charge in [0.05, 0.1) is 11.1 Å². The Hall–Kier alpha value is -3.44. The van der Waals surface area contributed by atoms with E-state index in [-0.39, 0.29) is 17.4 Å². The fourth-order valence-corrected chi connectivity index (χ4v) is 3.70. The summed E-state index contributed by atoms with van der Waals surface area (Å²) < 4.78 is 25.3. The molecule has 0 saturated carbocycles. The van der Waals surface area contributed by atoms with Crippen LogP contribution in [0.4, 0.5) is 4.39 Å². The minimum atomic E-state index is -0.357. The lowest BCUT2D eigenvalue weighted by Crippen LogP contribution is -2.31. The van der Waals surface area contributed by atoms with Crippen molar-refractivity contribution in [3.63, 3.8) is 0 Å². The third-order valence-corrected chi connectivity index (χ3v) is 5.08. The molecule has 2 aliphatic rings. The zero-order valence-electron chi connectivity index (χ0n) is 15.6. The largest absolute Gasteiger partial charge is 0.478 e. The Morgan fingerprint density at radius 1 is 1.03 bits per heavy atom. The lowest BCUT2D eigenvalue weighted by Gasteiger charge is -2.29. The van der Waals surface area contributed by atoms with E-state index >= 15 is 0 Å². The summed E-state index contributed by atoms with van der Waals surface area (Å²) in [5.41, 5.74) is 3.14. The number of benzene rings is 3. The number of carbonyl (C=O) groups excluding carboxylic acids is 1. The van der Waals surface area contributed by atoms with E-state index < -0.39 is 0 Å². The summed E-state index contributed by atoms with van der Waals surface area (Å²) in [7, 11) is 0. The van der Waals surface area contributed by atoms with E-state index in [4.69, 9.17) is 9.47 Å². The zero-order chi connectivity index (χ0) is 19.8. The van der Waals surface area contributed by atoms with Crippen molar-refractivity contribution >= 4 is 11.9 Å². The summed E-state index contributed by atoms with van der Waals surface area (Å²) in [5.74, 6) is 0.900. The Labute approximate surface area is 167 Å². The molecule has 5 rings (SSSR count). The van der Waals surface area contributed by atoms with Crippen LogP contribution in [0.15, 0.2) is 72.5 Å². The number of ether oxygens (including phenoxy) is 2. The van der Waals surface area contributed by atoms with Gasteiger partial charge in [-0.1, -0.05) is 42.5 Å². The van der Waals surface area contributed by atoms with E-state index in [2.05, 4.69) is 17.0 Å². The van der Waals surface area contributed by atoms with Gasteiger partial charge in [0.15, 0.2) is 5.76 Å². The molecule has 144 valence electrons. The van der Waals surface area contributed by atoms with Crippen molar-refractivity contribution in [3.8, 4) is 11.5 Å². The van der Waals surface area contributed by atoms with Crippen LogP contribution < -0.4 is 9.47 Å². The molecule has 0 saturated heterocycles. The Morgan fingerprint density at radius 2 is 1.90 bits per heavy atom. The smallest absolute Gasteiger partial charge is 0.231 e. The van der Waals surface area contributed by atoms with E-state index in [1.165, 1.54) is 17.7 Å². The number of Topliss-reactive ketones (excluding diaryl/α,β-unsaturated/α-hetero) is 1. The summed E-state index contributed by atoms with van der Waals surface area (Å²) in [6.45, 7) is 1.83. The highest BCUT2D eigenvalue weighted by atomic mass is 19.1. The number of rotatable bonds is 3. The Bertz CT molecular complexity index is 1120. The summed E-state index contributed by atoms with van der Waals surface area (Å²) in [6, 6.07) is 19.8. The van der Waals surface area contributed by atoms with Gasteiger partial charge in [0.25, 0.3) is 0 Å². The standard InChI is InChI=1S/C24H18FNO3/c25-18-8-4-7-17(11-18)12-22-23(27)19-9-10-21-20(24(19)29-22)14-26(15-28-21)13-16-5-2-1-3-6-16/h1-12H,13-15H2/b22-12-. The van der Waals surface area contributed by atoms with Crippen LogP contribution in [0.25, 0.3) is 6.08 Å². The van der Waals surface area contributed by atoms with Crippen LogP contribution in [-0.4, -0.2) is 17.4 Å². The van der Waals surface area contributed by atoms with Crippen molar-refractivity contribution in [1.29, 1.82) is 0 Å². The maximum Gasteiger partial charge on any atom is 0.231 e. The number of hydrogen-bond donors (Lipinski definition) is 0. The summed E-state index contributed by atoms with van der Waals surface area (Å²) in [5, 5.41) is 0. The van der Waals surface area contributed by atoms with E-state index in [1.807, 2.05) is 24.3 Å². The van der Waals surface area contributed by atoms with E-state index in [1.54, 1.807) is 24.3 Å². The molecule has 0 aliphatic carbocycles. The van der Waals surface area contributed by atoms with Gasteiger partial charge >= 0.3 is 0 Å². The van der Waals surface area contributed by atoms with Crippen LogP contribution in [0.1, 0.15) is 27.0 Å². The van der Waals surface area contributed by atoms with Crippen molar-refractivity contribution < 1.29 is 18.7 Å². The van der Waals surface area contributed by atoms with E-state index in [0.29, 0.717) is 30.2 Å². The third kappa shape index (κ3) is 3.41. The van der Waals surface area contributed by atoms with E-state index in [0.717, 1.165) is 17.9 Å². The molecule has 3 aromatic carbocycles. The molecule has 0 bridgehead atoms. The lowest BCUT2D eigenvalue weighted by atomic mass is 10.0. The van der Waals surface area contributed by atoms with Crippen LogP contribution >= 0.6 is 0 Å². The molecule has 29 heavy (non-hydrogen) atoms. The molecule has 0 fully saturated rings. The summed E-state index contributed by atoms with van der Waals surface area (Å²) >= 11 is 0. The first-order chi connectivity index (χ1) is 14.2. The minimum absolute atomic E-state index is 0.194. The second-order valence-electron chi connectivity index (χ2n) is 7.16. The van der Waals surface area contributed by atoms with Crippen LogP contribution in [0.2, 0.25) is 0 Å². The Kier molecular flexibility index (Phi) is 4.37. The van der Waals surface area contributed by atoms with Crippen LogP contribution in [-0.2, 0) is 13.1 Å². The van der Waals surface area contributed by atoms with Gasteiger partial charge < -0.3 is 9.47 Å². The first-order valence-corrected chi connectivity index (χ1v) is 9.42. The van der Waals surface area contributed by atoms with Gasteiger partial charge in [0.2, 0.25) is 5.78 Å². The number of halogens is 1. The molecule has 0 aromatic heterocycles. The molecule has 0 unspecified atom stereocenters. The SMILES string of the molecule is O=C1/C(=C/c2cccc(F)c2)Oc2c1ccc1c2CN(Cc2ccccc2)CO1. The van der Waals surface area contributed by atoms with Crippen molar-refractivity contribution in [2.75, 3.05) is 6.73 Å². The second kappa shape index (κ2) is 7.18. The number of hydrogen-bond acceptors (Lipinski definition) is 4. The van der Waals surface area contributed by atoms with Crippen LogP contribution in [0.5, 0.6) is 11.5 Å². The fourth-order valence-electron chi connectivity index (χ4n) is 3.70. The molecule has 5 heteroatoms. The quantitative estimate of drug-likeness (QED) is 0.606. The molecule has 0 radical (unpaired) electrons. The summed E-state index contributed by atoms with van der Waals surface area (Å²) in [6.07, 6.45) is 1.57.